The standard InChI is InChI=1S/C27H25ClN2O3/c1-2-3-13-24-25(28)30(21-9-5-4-6-10-21)27(33)29(24)18-19-14-16-20(17-15-19)22-11-7-8-12-23(22)26(31)32/h4-12,14-17H,2-3,13,18H2,1H3,(H,31,32). The number of carboxylic acid groups (broad SMARTS) is 1. The van der Waals surface area contributed by atoms with Crippen molar-refractivity contribution < 1.29 is 9.90 Å². The molecule has 0 aliphatic carbocycles. The topological polar surface area (TPSA) is 64.2 Å². The highest BCUT2D eigenvalue weighted by Crippen LogP contribution is 2.26. The van der Waals surface area contributed by atoms with Crippen molar-refractivity contribution in [2.45, 2.75) is 32.7 Å². The predicted octanol–water partition coefficient (Wildman–Crippen LogP) is 6.05. The number of unbranched alkanes of at least 4 members (excludes halogenated alkanes) is 1. The van der Waals surface area contributed by atoms with Crippen LogP contribution in [-0.2, 0) is 13.0 Å². The van der Waals surface area contributed by atoms with Crippen LogP contribution in [0, 0.1) is 0 Å². The highest BCUT2D eigenvalue weighted by molar-refractivity contribution is 6.30. The van der Waals surface area contributed by atoms with Crippen LogP contribution in [0.25, 0.3) is 16.8 Å². The maximum atomic E-state index is 13.4. The minimum atomic E-state index is -0.960. The van der Waals surface area contributed by atoms with Gasteiger partial charge in [-0.25, -0.2) is 9.59 Å². The molecule has 4 aromatic rings. The Balaban J connectivity index is 1.71. The van der Waals surface area contributed by atoms with E-state index < -0.39 is 5.97 Å². The molecule has 1 heterocycles. The monoisotopic (exact) mass is 460 g/mol. The lowest BCUT2D eigenvalue weighted by atomic mass is 9.99. The summed E-state index contributed by atoms with van der Waals surface area (Å²) in [5.41, 5.74) is 4.07. The Kier molecular flexibility index (Phi) is 6.80. The van der Waals surface area contributed by atoms with Crippen molar-refractivity contribution in [2.75, 3.05) is 0 Å². The van der Waals surface area contributed by atoms with E-state index in [0.717, 1.165) is 35.3 Å². The van der Waals surface area contributed by atoms with E-state index in [1.54, 1.807) is 27.3 Å². The summed E-state index contributed by atoms with van der Waals surface area (Å²) >= 11 is 6.71. The zero-order valence-electron chi connectivity index (χ0n) is 18.4. The lowest BCUT2D eigenvalue weighted by molar-refractivity contribution is 0.0697. The number of nitrogens with zero attached hydrogens (tertiary/aromatic N) is 2. The van der Waals surface area contributed by atoms with Gasteiger partial charge < -0.3 is 5.11 Å². The van der Waals surface area contributed by atoms with Crippen molar-refractivity contribution >= 4 is 17.6 Å². The van der Waals surface area contributed by atoms with Crippen LogP contribution in [-0.4, -0.2) is 20.2 Å². The van der Waals surface area contributed by atoms with Gasteiger partial charge in [0.2, 0.25) is 0 Å². The Morgan fingerprint density at radius 2 is 1.61 bits per heavy atom. The van der Waals surface area contributed by atoms with E-state index in [0.29, 0.717) is 23.7 Å². The second-order valence-electron chi connectivity index (χ2n) is 7.93. The number of aromatic carboxylic acids is 1. The number of halogens is 1. The molecule has 0 saturated heterocycles. The molecule has 0 aliphatic rings. The third-order valence-corrected chi connectivity index (χ3v) is 6.11. The zero-order valence-corrected chi connectivity index (χ0v) is 19.1. The van der Waals surface area contributed by atoms with Crippen molar-refractivity contribution in [1.82, 2.24) is 9.13 Å². The number of hydrogen-bond donors (Lipinski definition) is 1. The average molecular weight is 461 g/mol. The van der Waals surface area contributed by atoms with Crippen LogP contribution in [0.1, 0.15) is 41.4 Å². The maximum Gasteiger partial charge on any atom is 0.336 e. The molecule has 1 aromatic heterocycles. The van der Waals surface area contributed by atoms with Gasteiger partial charge in [-0.05, 0) is 47.7 Å². The number of rotatable bonds is 8. The normalized spacial score (nSPS) is 11.0. The molecule has 168 valence electrons. The summed E-state index contributed by atoms with van der Waals surface area (Å²) in [6.45, 7) is 2.50. The van der Waals surface area contributed by atoms with Crippen molar-refractivity contribution in [3.8, 4) is 16.8 Å². The third kappa shape index (κ3) is 4.64. The van der Waals surface area contributed by atoms with E-state index >= 15 is 0 Å². The number of carboxylic acids is 1. The van der Waals surface area contributed by atoms with Gasteiger partial charge in [0, 0.05) is 0 Å². The van der Waals surface area contributed by atoms with Gasteiger partial charge in [0.25, 0.3) is 0 Å². The molecule has 3 aromatic carbocycles. The van der Waals surface area contributed by atoms with Crippen molar-refractivity contribution in [3.63, 3.8) is 0 Å². The van der Waals surface area contributed by atoms with Crippen molar-refractivity contribution in [3.05, 3.63) is 111 Å². The van der Waals surface area contributed by atoms with Crippen LogP contribution in [0.2, 0.25) is 5.15 Å². The number of hydrogen-bond acceptors (Lipinski definition) is 2. The summed E-state index contributed by atoms with van der Waals surface area (Å²) in [5, 5.41) is 9.93. The van der Waals surface area contributed by atoms with Crippen molar-refractivity contribution in [2.24, 2.45) is 0 Å². The first kappa shape index (κ1) is 22.6. The highest BCUT2D eigenvalue weighted by atomic mass is 35.5. The number of imidazole rings is 1. The van der Waals surface area contributed by atoms with Crippen LogP contribution in [0.15, 0.2) is 83.7 Å². The van der Waals surface area contributed by atoms with Gasteiger partial charge in [-0.3, -0.25) is 9.13 Å². The van der Waals surface area contributed by atoms with Crippen LogP contribution in [0.3, 0.4) is 0 Å². The van der Waals surface area contributed by atoms with E-state index in [1.165, 1.54) is 0 Å². The lowest BCUT2D eigenvalue weighted by Gasteiger charge is -2.10. The summed E-state index contributed by atoms with van der Waals surface area (Å²) in [6, 6.07) is 24.0. The second kappa shape index (κ2) is 9.92. The summed E-state index contributed by atoms with van der Waals surface area (Å²) < 4.78 is 3.30. The first-order valence-corrected chi connectivity index (χ1v) is 11.4. The fraction of sp³-hybridized carbons (Fsp3) is 0.185. The Morgan fingerprint density at radius 3 is 2.27 bits per heavy atom. The van der Waals surface area contributed by atoms with Gasteiger partial charge in [-0.1, -0.05) is 85.6 Å². The second-order valence-corrected chi connectivity index (χ2v) is 8.29. The van der Waals surface area contributed by atoms with Crippen molar-refractivity contribution in [1.29, 1.82) is 0 Å². The minimum Gasteiger partial charge on any atom is -0.478 e. The molecule has 0 atom stereocenters. The molecule has 0 saturated carbocycles. The molecular formula is C27H25ClN2O3. The molecule has 4 rings (SSSR count). The van der Waals surface area contributed by atoms with Crippen LogP contribution in [0.5, 0.6) is 0 Å². The molecule has 6 heteroatoms. The van der Waals surface area contributed by atoms with Crippen LogP contribution < -0.4 is 5.69 Å². The predicted molar refractivity (Wildman–Crippen MR) is 132 cm³/mol. The number of para-hydroxylation sites is 1. The molecule has 0 amide bonds. The van der Waals surface area contributed by atoms with Crippen LogP contribution in [0.4, 0.5) is 0 Å². The molecule has 0 radical (unpaired) electrons. The quantitative estimate of drug-likeness (QED) is 0.348. The van der Waals surface area contributed by atoms with Gasteiger partial charge in [0.1, 0.15) is 5.15 Å². The van der Waals surface area contributed by atoms with Gasteiger partial charge in [0.15, 0.2) is 0 Å². The van der Waals surface area contributed by atoms with Gasteiger partial charge in [0.05, 0.1) is 23.5 Å². The molecule has 0 aliphatic heterocycles. The van der Waals surface area contributed by atoms with Gasteiger partial charge in [-0.15, -0.1) is 0 Å². The van der Waals surface area contributed by atoms with Gasteiger partial charge in [-0.2, -0.15) is 0 Å². The summed E-state index contributed by atoms with van der Waals surface area (Å²) in [6.07, 6.45) is 2.65. The van der Waals surface area contributed by atoms with E-state index in [4.69, 9.17) is 11.6 Å². The number of benzene rings is 3. The smallest absolute Gasteiger partial charge is 0.336 e. The molecule has 1 N–H and O–H groups in total. The number of carbonyl (C=O) groups is 1. The Bertz CT molecular complexity index is 1320. The lowest BCUT2D eigenvalue weighted by Crippen LogP contribution is -2.24. The molecule has 5 nitrogen and oxygen atoms in total. The summed E-state index contributed by atoms with van der Waals surface area (Å²) in [5.74, 6) is -0.960. The highest BCUT2D eigenvalue weighted by Gasteiger charge is 2.19. The first-order chi connectivity index (χ1) is 16.0. The fourth-order valence-corrected chi connectivity index (χ4v) is 4.37. The zero-order chi connectivity index (χ0) is 23.4. The van der Waals surface area contributed by atoms with E-state index in [2.05, 4.69) is 6.92 Å². The number of aromatic nitrogens is 2. The van der Waals surface area contributed by atoms with E-state index in [-0.39, 0.29) is 11.3 Å². The minimum absolute atomic E-state index is 0.169. The fourth-order valence-electron chi connectivity index (χ4n) is 4.00. The van der Waals surface area contributed by atoms with Crippen LogP contribution >= 0.6 is 11.6 Å². The summed E-state index contributed by atoms with van der Waals surface area (Å²) in [7, 11) is 0. The summed E-state index contributed by atoms with van der Waals surface area (Å²) in [4.78, 5) is 24.9. The molecule has 0 spiro atoms. The first-order valence-electron chi connectivity index (χ1n) is 11.0. The van der Waals surface area contributed by atoms with E-state index in [9.17, 15) is 14.7 Å². The Labute approximate surface area is 197 Å². The Morgan fingerprint density at radius 1 is 0.939 bits per heavy atom. The van der Waals surface area contributed by atoms with E-state index in [1.807, 2.05) is 60.7 Å². The van der Waals surface area contributed by atoms with Gasteiger partial charge >= 0.3 is 11.7 Å². The molecule has 0 bridgehead atoms. The molecule has 33 heavy (non-hydrogen) atoms. The molecule has 0 unspecified atom stereocenters. The molecule has 0 fully saturated rings. The average Bonchev–Trinajstić information content (AvgIpc) is 3.07. The SMILES string of the molecule is CCCCc1c(Cl)n(-c2ccccc2)c(=O)n1Cc1ccc(-c2ccccc2C(=O)O)cc1. The molecular weight excluding hydrogens is 436 g/mol. The third-order valence-electron chi connectivity index (χ3n) is 5.73. The maximum absolute atomic E-state index is 13.4. The Hall–Kier alpha value is -3.57. The largest absolute Gasteiger partial charge is 0.478 e.